The summed E-state index contributed by atoms with van der Waals surface area (Å²) in [4.78, 5) is 24.6. The summed E-state index contributed by atoms with van der Waals surface area (Å²) in [6.45, 7) is 1.89. The van der Waals surface area contributed by atoms with Gasteiger partial charge in [0.25, 0.3) is 10.0 Å². The number of methoxy groups -OCH3 is 2. The Balaban J connectivity index is 1.74. The number of hydrogen-bond acceptors (Lipinski definition) is 6. The van der Waals surface area contributed by atoms with Gasteiger partial charge in [0.05, 0.1) is 24.6 Å². The zero-order valence-corrected chi connectivity index (χ0v) is 18.8. The van der Waals surface area contributed by atoms with Gasteiger partial charge < -0.3 is 9.47 Å². The minimum Gasteiger partial charge on any atom is -0.468 e. The van der Waals surface area contributed by atoms with Crippen LogP contribution < -0.4 is 0 Å². The van der Waals surface area contributed by atoms with Crippen molar-refractivity contribution in [2.24, 2.45) is 11.3 Å². The van der Waals surface area contributed by atoms with Gasteiger partial charge in [0.2, 0.25) is 0 Å². The van der Waals surface area contributed by atoms with E-state index in [2.05, 4.69) is 0 Å². The minimum absolute atomic E-state index is 0.192. The van der Waals surface area contributed by atoms with Gasteiger partial charge >= 0.3 is 11.9 Å². The van der Waals surface area contributed by atoms with Crippen LogP contribution in [-0.4, -0.2) is 38.5 Å². The Morgan fingerprint density at radius 3 is 2.28 bits per heavy atom. The third-order valence-corrected chi connectivity index (χ3v) is 7.60. The van der Waals surface area contributed by atoms with E-state index in [1.807, 2.05) is 19.1 Å². The van der Waals surface area contributed by atoms with E-state index in [0.717, 1.165) is 10.9 Å². The van der Waals surface area contributed by atoms with Crippen molar-refractivity contribution in [1.82, 2.24) is 3.97 Å². The predicted molar refractivity (Wildman–Crippen MR) is 119 cm³/mol. The monoisotopic (exact) mass is 453 g/mol. The Morgan fingerprint density at radius 1 is 1.03 bits per heavy atom. The van der Waals surface area contributed by atoms with Crippen LogP contribution in [0.2, 0.25) is 0 Å². The molecule has 1 heterocycles. The normalized spacial score (nSPS) is 17.4. The third-order valence-electron chi connectivity index (χ3n) is 5.91. The average Bonchev–Trinajstić information content (AvgIpc) is 3.42. The number of hydrogen-bond donors (Lipinski definition) is 0. The van der Waals surface area contributed by atoms with Gasteiger partial charge in [-0.15, -0.1) is 0 Å². The smallest absolute Gasteiger partial charge is 0.323 e. The van der Waals surface area contributed by atoms with Gasteiger partial charge in [0.1, 0.15) is 0 Å². The summed E-state index contributed by atoms with van der Waals surface area (Å²) >= 11 is 0. The van der Waals surface area contributed by atoms with E-state index in [1.54, 1.807) is 54.7 Å². The number of carbonyl (C=O) groups is 2. The summed E-state index contributed by atoms with van der Waals surface area (Å²) in [6, 6.07) is 13.8. The van der Waals surface area contributed by atoms with E-state index < -0.39 is 33.3 Å². The van der Waals surface area contributed by atoms with Gasteiger partial charge in [0, 0.05) is 23.1 Å². The Hall–Kier alpha value is -3.39. The van der Waals surface area contributed by atoms with Crippen LogP contribution in [-0.2, 0) is 29.1 Å². The van der Waals surface area contributed by atoms with Crippen molar-refractivity contribution in [3.63, 3.8) is 0 Å². The van der Waals surface area contributed by atoms with E-state index in [1.165, 1.54) is 18.2 Å². The number of rotatable bonds is 6. The lowest BCUT2D eigenvalue weighted by Gasteiger charge is -2.10. The number of carbonyl (C=O) groups excluding carboxylic acids is 2. The molecule has 0 spiro atoms. The highest BCUT2D eigenvalue weighted by molar-refractivity contribution is 7.90. The van der Waals surface area contributed by atoms with Gasteiger partial charge in [-0.2, -0.15) is 0 Å². The fourth-order valence-corrected chi connectivity index (χ4v) is 5.37. The van der Waals surface area contributed by atoms with Crippen molar-refractivity contribution in [2.45, 2.75) is 18.2 Å². The number of fused-ring (bicyclic) bond motifs is 1. The van der Waals surface area contributed by atoms with Crippen LogP contribution in [0.3, 0.4) is 0 Å². The quantitative estimate of drug-likeness (QED) is 0.419. The molecule has 3 aromatic rings. The van der Waals surface area contributed by atoms with Crippen LogP contribution in [0.4, 0.5) is 0 Å². The fourth-order valence-electron chi connectivity index (χ4n) is 3.99. The van der Waals surface area contributed by atoms with E-state index in [9.17, 15) is 18.0 Å². The van der Waals surface area contributed by atoms with Crippen LogP contribution in [0.25, 0.3) is 17.0 Å². The van der Waals surface area contributed by atoms with Crippen LogP contribution in [0.5, 0.6) is 0 Å². The van der Waals surface area contributed by atoms with Gasteiger partial charge in [-0.3, -0.25) is 9.59 Å². The summed E-state index contributed by atoms with van der Waals surface area (Å²) in [7, 11) is -1.34. The molecule has 2 aromatic carbocycles. The summed E-state index contributed by atoms with van der Waals surface area (Å²) < 4.78 is 37.5. The number of benzene rings is 2. The van der Waals surface area contributed by atoms with E-state index in [4.69, 9.17) is 9.47 Å². The maximum Gasteiger partial charge on any atom is 0.323 e. The Kier molecular flexibility index (Phi) is 5.42. The summed E-state index contributed by atoms with van der Waals surface area (Å²) in [6.07, 6.45) is 5.31. The lowest BCUT2D eigenvalue weighted by molar-refractivity contribution is -0.161. The first-order valence-electron chi connectivity index (χ1n) is 10.0. The lowest BCUT2D eigenvalue weighted by Crippen LogP contribution is -2.30. The number of allylic oxidation sites excluding steroid dienone is 1. The SMILES string of the molecule is COC(=O)C1(C(=O)OC)CC1/C=C/c1cn(S(=O)(=O)c2ccc(C)cc2)c2ccccc12. The molecule has 0 saturated heterocycles. The molecule has 4 rings (SSSR count). The molecule has 1 saturated carbocycles. The van der Waals surface area contributed by atoms with Crippen LogP contribution >= 0.6 is 0 Å². The number of aromatic nitrogens is 1. The molecule has 1 atom stereocenters. The maximum absolute atomic E-state index is 13.3. The molecule has 0 aliphatic heterocycles. The second-order valence-electron chi connectivity index (χ2n) is 7.84. The summed E-state index contributed by atoms with van der Waals surface area (Å²) in [5.41, 5.74) is 0.823. The molecule has 32 heavy (non-hydrogen) atoms. The summed E-state index contributed by atoms with van der Waals surface area (Å²) in [5.74, 6) is -1.66. The van der Waals surface area contributed by atoms with E-state index in [0.29, 0.717) is 11.1 Å². The highest BCUT2D eigenvalue weighted by atomic mass is 32.2. The minimum atomic E-state index is -3.81. The number of para-hydroxylation sites is 1. The Bertz CT molecular complexity index is 1320. The van der Waals surface area contributed by atoms with Crippen molar-refractivity contribution in [1.29, 1.82) is 0 Å². The number of aryl methyl sites for hydroxylation is 1. The van der Waals surface area contributed by atoms with Gasteiger partial charge in [-0.25, -0.2) is 12.4 Å². The van der Waals surface area contributed by atoms with Gasteiger partial charge in [0.15, 0.2) is 5.41 Å². The van der Waals surface area contributed by atoms with Crippen molar-refractivity contribution >= 4 is 38.9 Å². The zero-order valence-electron chi connectivity index (χ0n) is 17.9. The number of esters is 2. The molecule has 7 nitrogen and oxygen atoms in total. The average molecular weight is 454 g/mol. The number of ether oxygens (including phenoxy) is 2. The zero-order chi connectivity index (χ0) is 23.1. The van der Waals surface area contributed by atoms with Crippen molar-refractivity contribution in [3.8, 4) is 0 Å². The van der Waals surface area contributed by atoms with Crippen LogP contribution in [0.15, 0.2) is 65.7 Å². The molecule has 1 aliphatic rings. The van der Waals surface area contributed by atoms with Gasteiger partial charge in [-0.05, 0) is 31.5 Å². The van der Waals surface area contributed by atoms with Crippen molar-refractivity contribution in [2.75, 3.05) is 14.2 Å². The van der Waals surface area contributed by atoms with E-state index in [-0.39, 0.29) is 11.3 Å². The first kappa shape index (κ1) is 21.8. The predicted octanol–water partition coefficient (Wildman–Crippen LogP) is 3.55. The molecular weight excluding hydrogens is 430 g/mol. The first-order valence-corrected chi connectivity index (χ1v) is 11.5. The standard InChI is InChI=1S/C24H23NO6S/c1-16-8-12-19(13-9-16)32(28,29)25-15-17(20-6-4-5-7-21(20)25)10-11-18-14-24(18,22(26)30-2)23(27)31-3/h4-13,15,18H,14H2,1-3H3/b11-10+. The van der Waals surface area contributed by atoms with Crippen LogP contribution in [0.1, 0.15) is 17.5 Å². The molecule has 0 N–H and O–H groups in total. The van der Waals surface area contributed by atoms with E-state index >= 15 is 0 Å². The fraction of sp³-hybridized carbons (Fsp3) is 0.250. The van der Waals surface area contributed by atoms with Gasteiger partial charge in [-0.1, -0.05) is 48.0 Å². The highest BCUT2D eigenvalue weighted by Crippen LogP contribution is 2.55. The Morgan fingerprint density at radius 2 is 1.66 bits per heavy atom. The molecule has 1 fully saturated rings. The lowest BCUT2D eigenvalue weighted by atomic mass is 10.0. The highest BCUT2D eigenvalue weighted by Gasteiger charge is 2.66. The molecule has 0 radical (unpaired) electrons. The molecule has 8 heteroatoms. The number of nitrogens with zero attached hydrogens (tertiary/aromatic N) is 1. The topological polar surface area (TPSA) is 91.7 Å². The molecule has 0 amide bonds. The summed E-state index contributed by atoms with van der Waals surface area (Å²) in [5, 5.41) is 0.738. The maximum atomic E-state index is 13.3. The molecule has 1 aromatic heterocycles. The largest absolute Gasteiger partial charge is 0.468 e. The first-order chi connectivity index (χ1) is 15.3. The van der Waals surface area contributed by atoms with Crippen LogP contribution in [0, 0.1) is 18.3 Å². The molecule has 1 aliphatic carbocycles. The molecule has 166 valence electrons. The third kappa shape index (κ3) is 3.40. The van der Waals surface area contributed by atoms with Crippen molar-refractivity contribution < 1.29 is 27.5 Å². The molecular formula is C24H23NO6S. The van der Waals surface area contributed by atoms with Crippen molar-refractivity contribution in [3.05, 3.63) is 71.9 Å². The molecule has 1 unspecified atom stereocenters. The Labute approximate surface area is 186 Å². The second-order valence-corrected chi connectivity index (χ2v) is 9.65. The second kappa shape index (κ2) is 7.94. The molecule has 0 bridgehead atoms.